The molecule has 1 aliphatic rings. The molecule has 0 radical (unpaired) electrons. The molecule has 0 amide bonds. The molecule has 2 atom stereocenters. The molecule has 128 valence electrons. The highest BCUT2D eigenvalue weighted by Crippen LogP contribution is 2.40. The molecule has 3 rings (SSSR count). The molecule has 0 saturated carbocycles. The van der Waals surface area contributed by atoms with Gasteiger partial charge >= 0.3 is 0 Å². The van der Waals surface area contributed by atoms with Crippen LogP contribution in [-0.2, 0) is 6.42 Å². The van der Waals surface area contributed by atoms with Gasteiger partial charge in [-0.05, 0) is 102 Å². The van der Waals surface area contributed by atoms with Crippen molar-refractivity contribution in [1.29, 1.82) is 0 Å². The lowest BCUT2D eigenvalue weighted by atomic mass is 9.76. The van der Waals surface area contributed by atoms with Crippen LogP contribution in [0.4, 0.5) is 0 Å². The van der Waals surface area contributed by atoms with Crippen molar-refractivity contribution in [3.05, 3.63) is 62.7 Å². The summed E-state index contributed by atoms with van der Waals surface area (Å²) in [5.41, 5.74) is 4.50. The highest BCUT2D eigenvalue weighted by Gasteiger charge is 2.25. The lowest BCUT2D eigenvalue weighted by molar-refractivity contribution is 0.411. The Hall–Kier alpha value is -1.07. The second-order valence-electron chi connectivity index (χ2n) is 6.67. The zero-order chi connectivity index (χ0) is 16.9. The van der Waals surface area contributed by atoms with Crippen LogP contribution in [0.1, 0.15) is 47.8 Å². The maximum atomic E-state index is 5.41. The van der Waals surface area contributed by atoms with E-state index in [2.05, 4.69) is 77.4 Å². The molecule has 0 bridgehead atoms. The van der Waals surface area contributed by atoms with Crippen LogP contribution in [0.15, 0.2) is 42.5 Å². The monoisotopic (exact) mass is 435 g/mol. The van der Waals surface area contributed by atoms with Gasteiger partial charge in [0.1, 0.15) is 5.75 Å². The second kappa shape index (κ2) is 8.34. The van der Waals surface area contributed by atoms with Crippen molar-refractivity contribution < 1.29 is 4.74 Å². The summed E-state index contributed by atoms with van der Waals surface area (Å²) >= 11 is 2.47. The van der Waals surface area contributed by atoms with Gasteiger partial charge in [0.15, 0.2) is 0 Å². The highest BCUT2D eigenvalue weighted by molar-refractivity contribution is 14.1. The first-order chi connectivity index (χ1) is 11.7. The van der Waals surface area contributed by atoms with E-state index in [1.165, 1.54) is 45.9 Å². The van der Waals surface area contributed by atoms with E-state index in [0.717, 1.165) is 12.3 Å². The summed E-state index contributed by atoms with van der Waals surface area (Å²) in [7, 11) is 3.81. The summed E-state index contributed by atoms with van der Waals surface area (Å²) in [5.74, 6) is 2.19. The van der Waals surface area contributed by atoms with Gasteiger partial charge < -0.3 is 10.1 Å². The molecular weight excluding hydrogens is 409 g/mol. The molecule has 2 nitrogen and oxygen atoms in total. The molecular formula is C21H26INO. The number of hydrogen-bond acceptors (Lipinski definition) is 2. The normalized spacial score (nSPS) is 18.0. The summed E-state index contributed by atoms with van der Waals surface area (Å²) in [6.07, 6.45) is 4.97. The Morgan fingerprint density at radius 3 is 2.83 bits per heavy atom. The van der Waals surface area contributed by atoms with Crippen LogP contribution < -0.4 is 10.1 Å². The van der Waals surface area contributed by atoms with Crippen molar-refractivity contribution in [2.24, 2.45) is 0 Å². The fourth-order valence-corrected chi connectivity index (χ4v) is 4.81. The van der Waals surface area contributed by atoms with E-state index in [-0.39, 0.29) is 0 Å². The third-order valence-electron chi connectivity index (χ3n) is 5.15. The second-order valence-corrected chi connectivity index (χ2v) is 7.83. The van der Waals surface area contributed by atoms with Gasteiger partial charge in [0.2, 0.25) is 0 Å². The van der Waals surface area contributed by atoms with Crippen molar-refractivity contribution >= 4 is 22.6 Å². The van der Waals surface area contributed by atoms with E-state index in [0.29, 0.717) is 11.8 Å². The SMILES string of the molecule is CNCC(CC1CCCc2cc(OC)ccc21)c1ccccc1I. The first-order valence-corrected chi connectivity index (χ1v) is 9.86. The van der Waals surface area contributed by atoms with E-state index in [1.54, 1.807) is 7.11 Å². The van der Waals surface area contributed by atoms with Gasteiger partial charge in [0, 0.05) is 10.1 Å². The number of likely N-dealkylation sites (N-methyl/N-ethyl adjacent to an activating group) is 1. The average Bonchev–Trinajstić information content (AvgIpc) is 2.61. The van der Waals surface area contributed by atoms with E-state index in [4.69, 9.17) is 4.74 Å². The minimum atomic E-state index is 0.557. The molecule has 2 aromatic carbocycles. The maximum absolute atomic E-state index is 5.41. The molecule has 3 heteroatoms. The Morgan fingerprint density at radius 1 is 1.25 bits per heavy atom. The summed E-state index contributed by atoms with van der Waals surface area (Å²) in [6.45, 7) is 1.03. The molecule has 0 saturated heterocycles. The molecule has 24 heavy (non-hydrogen) atoms. The number of benzene rings is 2. The van der Waals surface area contributed by atoms with Crippen LogP contribution in [0.2, 0.25) is 0 Å². The molecule has 0 aliphatic heterocycles. The zero-order valence-corrected chi connectivity index (χ0v) is 16.7. The van der Waals surface area contributed by atoms with Crippen LogP contribution in [0.25, 0.3) is 0 Å². The number of fused-ring (bicyclic) bond motifs is 1. The summed E-state index contributed by atoms with van der Waals surface area (Å²) in [5, 5.41) is 3.40. The number of halogens is 1. The zero-order valence-electron chi connectivity index (χ0n) is 14.5. The van der Waals surface area contributed by atoms with Gasteiger partial charge in [-0.3, -0.25) is 0 Å². The molecule has 1 aliphatic carbocycles. The first-order valence-electron chi connectivity index (χ1n) is 8.78. The first kappa shape index (κ1) is 17.7. The molecule has 2 unspecified atom stereocenters. The molecule has 0 heterocycles. The van der Waals surface area contributed by atoms with Crippen molar-refractivity contribution in [3.8, 4) is 5.75 Å². The summed E-state index contributed by atoms with van der Waals surface area (Å²) < 4.78 is 6.79. The number of ether oxygens (including phenoxy) is 1. The van der Waals surface area contributed by atoms with E-state index < -0.39 is 0 Å². The number of hydrogen-bond donors (Lipinski definition) is 1. The minimum absolute atomic E-state index is 0.557. The standard InChI is InChI=1S/C21H26INO/c1-23-14-17(20-8-3-4-9-21(20)22)12-15-6-5-7-16-13-18(24-2)10-11-19(15)16/h3-4,8-11,13,15,17,23H,5-7,12,14H2,1-2H3. The van der Waals surface area contributed by atoms with Gasteiger partial charge in [0.25, 0.3) is 0 Å². The third-order valence-corrected chi connectivity index (χ3v) is 6.14. The maximum Gasteiger partial charge on any atom is 0.119 e. The van der Waals surface area contributed by atoms with Crippen molar-refractivity contribution in [2.45, 2.75) is 37.5 Å². The van der Waals surface area contributed by atoms with Gasteiger partial charge in [-0.15, -0.1) is 0 Å². The van der Waals surface area contributed by atoms with Crippen LogP contribution in [-0.4, -0.2) is 20.7 Å². The fourth-order valence-electron chi connectivity index (χ4n) is 3.98. The van der Waals surface area contributed by atoms with Gasteiger partial charge in [0.05, 0.1) is 7.11 Å². The Bertz CT molecular complexity index is 685. The van der Waals surface area contributed by atoms with Crippen molar-refractivity contribution in [1.82, 2.24) is 5.32 Å². The highest BCUT2D eigenvalue weighted by atomic mass is 127. The Morgan fingerprint density at radius 2 is 2.08 bits per heavy atom. The predicted molar refractivity (Wildman–Crippen MR) is 109 cm³/mol. The van der Waals surface area contributed by atoms with Crippen molar-refractivity contribution in [3.63, 3.8) is 0 Å². The Kier molecular flexibility index (Phi) is 6.17. The average molecular weight is 435 g/mol. The van der Waals surface area contributed by atoms with Crippen LogP contribution in [0.5, 0.6) is 5.75 Å². The molecule has 0 fully saturated rings. The molecule has 1 N–H and O–H groups in total. The number of nitrogens with one attached hydrogen (secondary N) is 1. The quantitative estimate of drug-likeness (QED) is 0.637. The molecule has 2 aromatic rings. The summed E-state index contributed by atoms with van der Waals surface area (Å²) in [4.78, 5) is 0. The Balaban J connectivity index is 1.85. The number of aryl methyl sites for hydroxylation is 1. The fraction of sp³-hybridized carbons (Fsp3) is 0.429. The molecule has 0 aromatic heterocycles. The van der Waals surface area contributed by atoms with Gasteiger partial charge in [-0.1, -0.05) is 24.3 Å². The minimum Gasteiger partial charge on any atom is -0.497 e. The topological polar surface area (TPSA) is 21.3 Å². The van der Waals surface area contributed by atoms with Gasteiger partial charge in [-0.25, -0.2) is 0 Å². The van der Waals surface area contributed by atoms with Crippen LogP contribution in [0, 0.1) is 3.57 Å². The van der Waals surface area contributed by atoms with E-state index in [1.807, 2.05) is 0 Å². The lowest BCUT2D eigenvalue weighted by Gasteiger charge is -2.30. The van der Waals surface area contributed by atoms with E-state index >= 15 is 0 Å². The van der Waals surface area contributed by atoms with Crippen molar-refractivity contribution in [2.75, 3.05) is 20.7 Å². The predicted octanol–water partition coefficient (Wildman–Crippen LogP) is 5.11. The summed E-state index contributed by atoms with van der Waals surface area (Å²) in [6, 6.07) is 15.5. The van der Waals surface area contributed by atoms with Crippen LogP contribution >= 0.6 is 22.6 Å². The third kappa shape index (κ3) is 3.94. The molecule has 0 spiro atoms. The van der Waals surface area contributed by atoms with Crippen LogP contribution in [0.3, 0.4) is 0 Å². The number of methoxy groups -OCH3 is 1. The smallest absolute Gasteiger partial charge is 0.119 e. The lowest BCUT2D eigenvalue weighted by Crippen LogP contribution is -2.22. The largest absolute Gasteiger partial charge is 0.497 e. The van der Waals surface area contributed by atoms with E-state index in [9.17, 15) is 0 Å². The number of rotatable bonds is 6. The van der Waals surface area contributed by atoms with Gasteiger partial charge in [-0.2, -0.15) is 0 Å². The Labute approximate surface area is 159 Å².